The predicted molar refractivity (Wildman–Crippen MR) is 100 cm³/mol. The fraction of sp³-hybridized carbons (Fsp3) is 0.350. The largest absolute Gasteiger partial charge is 0.481 e. The number of anilines is 2. The van der Waals surface area contributed by atoms with Gasteiger partial charge in [0.25, 0.3) is 5.91 Å². The Kier molecular flexibility index (Phi) is 5.51. The highest BCUT2D eigenvalue weighted by molar-refractivity contribution is 6.10. The summed E-state index contributed by atoms with van der Waals surface area (Å²) in [5.41, 5.74) is 1.78. The van der Waals surface area contributed by atoms with Gasteiger partial charge in [-0.3, -0.25) is 14.5 Å². The highest BCUT2D eigenvalue weighted by atomic mass is 16.5. The summed E-state index contributed by atoms with van der Waals surface area (Å²) in [6.07, 6.45) is 3.52. The van der Waals surface area contributed by atoms with Crippen molar-refractivity contribution in [3.05, 3.63) is 48.2 Å². The van der Waals surface area contributed by atoms with Crippen molar-refractivity contribution >= 4 is 23.3 Å². The standard InChI is InChI=1S/C20H23N3O3/c1-3-6-14-8-10-15(11-9-14)26-17(4-2)20(25)23-13-18(24)22-16-7-5-12-21-19(16)23/h5,7-12,17H,3-4,6,13H2,1-2H3,(H,22,24). The van der Waals surface area contributed by atoms with E-state index in [4.69, 9.17) is 4.74 Å². The van der Waals surface area contributed by atoms with Gasteiger partial charge in [0, 0.05) is 6.20 Å². The first-order valence-corrected chi connectivity index (χ1v) is 8.94. The van der Waals surface area contributed by atoms with Gasteiger partial charge in [-0.05, 0) is 42.7 Å². The van der Waals surface area contributed by atoms with Crippen LogP contribution in [0, 0.1) is 0 Å². The van der Waals surface area contributed by atoms with Gasteiger partial charge in [0.15, 0.2) is 11.9 Å². The first-order chi connectivity index (χ1) is 12.6. The Morgan fingerprint density at radius 1 is 1.27 bits per heavy atom. The minimum Gasteiger partial charge on any atom is -0.481 e. The quantitative estimate of drug-likeness (QED) is 0.866. The molecule has 0 saturated carbocycles. The molecule has 2 amide bonds. The predicted octanol–water partition coefficient (Wildman–Crippen LogP) is 3.18. The van der Waals surface area contributed by atoms with E-state index in [2.05, 4.69) is 17.2 Å². The number of benzene rings is 1. The lowest BCUT2D eigenvalue weighted by molar-refractivity contribution is -0.127. The van der Waals surface area contributed by atoms with E-state index < -0.39 is 6.10 Å². The van der Waals surface area contributed by atoms with E-state index in [1.807, 2.05) is 31.2 Å². The van der Waals surface area contributed by atoms with E-state index in [-0.39, 0.29) is 18.4 Å². The Hall–Kier alpha value is -2.89. The maximum Gasteiger partial charge on any atom is 0.269 e. The van der Waals surface area contributed by atoms with Crippen molar-refractivity contribution < 1.29 is 14.3 Å². The fourth-order valence-electron chi connectivity index (χ4n) is 2.97. The first kappa shape index (κ1) is 17.9. The van der Waals surface area contributed by atoms with E-state index in [9.17, 15) is 9.59 Å². The minimum absolute atomic E-state index is 0.0574. The third-order valence-electron chi connectivity index (χ3n) is 4.27. The van der Waals surface area contributed by atoms with Crippen LogP contribution in [0.15, 0.2) is 42.6 Å². The second-order valence-corrected chi connectivity index (χ2v) is 6.26. The zero-order valence-corrected chi connectivity index (χ0v) is 15.1. The maximum atomic E-state index is 13.0. The van der Waals surface area contributed by atoms with E-state index >= 15 is 0 Å². The summed E-state index contributed by atoms with van der Waals surface area (Å²) in [6.45, 7) is 3.96. The number of amides is 2. The van der Waals surface area contributed by atoms with Crippen LogP contribution in [-0.2, 0) is 16.0 Å². The molecule has 2 heterocycles. The normalized spacial score (nSPS) is 14.4. The molecule has 1 unspecified atom stereocenters. The number of carbonyl (C=O) groups is 2. The van der Waals surface area contributed by atoms with Crippen molar-refractivity contribution in [2.24, 2.45) is 0 Å². The highest BCUT2D eigenvalue weighted by Crippen LogP contribution is 2.27. The molecule has 0 saturated heterocycles. The molecule has 1 aromatic carbocycles. The van der Waals surface area contributed by atoms with Gasteiger partial charge in [0.2, 0.25) is 5.91 Å². The van der Waals surface area contributed by atoms with E-state index in [0.717, 1.165) is 12.8 Å². The molecule has 0 spiro atoms. The molecule has 2 aromatic rings. The van der Waals surface area contributed by atoms with Crippen LogP contribution in [0.25, 0.3) is 0 Å². The number of ether oxygens (including phenoxy) is 1. The Morgan fingerprint density at radius 2 is 2.04 bits per heavy atom. The molecule has 1 aromatic heterocycles. The number of nitrogens with zero attached hydrogens (tertiary/aromatic N) is 2. The van der Waals surface area contributed by atoms with Crippen molar-refractivity contribution in [1.29, 1.82) is 0 Å². The van der Waals surface area contributed by atoms with Gasteiger partial charge in [0.1, 0.15) is 12.3 Å². The molecule has 1 aliphatic rings. The zero-order valence-electron chi connectivity index (χ0n) is 15.1. The first-order valence-electron chi connectivity index (χ1n) is 8.94. The maximum absolute atomic E-state index is 13.0. The second-order valence-electron chi connectivity index (χ2n) is 6.26. The number of nitrogens with one attached hydrogen (secondary N) is 1. The third-order valence-corrected chi connectivity index (χ3v) is 4.27. The van der Waals surface area contributed by atoms with Gasteiger partial charge < -0.3 is 10.1 Å². The lowest BCUT2D eigenvalue weighted by atomic mass is 10.1. The molecule has 6 nitrogen and oxygen atoms in total. The Morgan fingerprint density at radius 3 is 2.73 bits per heavy atom. The van der Waals surface area contributed by atoms with Crippen LogP contribution in [0.2, 0.25) is 0 Å². The Bertz CT molecular complexity index is 789. The van der Waals surface area contributed by atoms with Crippen molar-refractivity contribution in [3.8, 4) is 5.75 Å². The van der Waals surface area contributed by atoms with Gasteiger partial charge in [-0.1, -0.05) is 32.4 Å². The van der Waals surface area contributed by atoms with Crippen LogP contribution in [0.5, 0.6) is 5.75 Å². The third kappa shape index (κ3) is 3.85. The van der Waals surface area contributed by atoms with Crippen LogP contribution in [0.4, 0.5) is 11.5 Å². The summed E-state index contributed by atoms with van der Waals surface area (Å²) in [5.74, 6) is 0.600. The minimum atomic E-state index is -0.673. The lowest BCUT2D eigenvalue weighted by Gasteiger charge is -2.30. The summed E-state index contributed by atoms with van der Waals surface area (Å²) in [4.78, 5) is 30.6. The van der Waals surface area contributed by atoms with Crippen LogP contribution in [-0.4, -0.2) is 29.4 Å². The molecule has 1 atom stereocenters. The molecular weight excluding hydrogens is 330 g/mol. The monoisotopic (exact) mass is 353 g/mol. The van der Waals surface area contributed by atoms with Crippen molar-refractivity contribution in [2.75, 3.05) is 16.8 Å². The van der Waals surface area contributed by atoms with Crippen LogP contribution < -0.4 is 15.0 Å². The number of hydrogen-bond donors (Lipinski definition) is 1. The molecule has 136 valence electrons. The number of carbonyl (C=O) groups excluding carboxylic acids is 2. The van der Waals surface area contributed by atoms with E-state index in [1.165, 1.54) is 10.5 Å². The second kappa shape index (κ2) is 7.99. The summed E-state index contributed by atoms with van der Waals surface area (Å²) in [5, 5.41) is 2.73. The number of hydrogen-bond acceptors (Lipinski definition) is 4. The van der Waals surface area contributed by atoms with E-state index in [1.54, 1.807) is 18.3 Å². The number of rotatable bonds is 6. The average molecular weight is 353 g/mol. The summed E-state index contributed by atoms with van der Waals surface area (Å²) in [6, 6.07) is 11.3. The Labute approximate surface area is 153 Å². The SMILES string of the molecule is CCCc1ccc(OC(CC)C(=O)N2CC(=O)Nc3cccnc32)cc1. The smallest absolute Gasteiger partial charge is 0.269 e. The molecule has 0 radical (unpaired) electrons. The molecule has 6 heteroatoms. The van der Waals surface area contributed by atoms with Crippen LogP contribution >= 0.6 is 0 Å². The average Bonchev–Trinajstić information content (AvgIpc) is 2.66. The number of aromatic nitrogens is 1. The molecular formula is C20H23N3O3. The van der Waals surface area contributed by atoms with Gasteiger partial charge in [-0.15, -0.1) is 0 Å². The molecule has 0 fully saturated rings. The molecule has 3 rings (SSSR count). The van der Waals surface area contributed by atoms with Crippen molar-refractivity contribution in [2.45, 2.75) is 39.2 Å². The highest BCUT2D eigenvalue weighted by Gasteiger charge is 2.32. The lowest BCUT2D eigenvalue weighted by Crippen LogP contribution is -2.48. The van der Waals surface area contributed by atoms with Crippen LogP contribution in [0.1, 0.15) is 32.3 Å². The summed E-state index contributed by atoms with van der Waals surface area (Å²) < 4.78 is 5.91. The fourth-order valence-corrected chi connectivity index (χ4v) is 2.97. The number of pyridine rings is 1. The van der Waals surface area contributed by atoms with E-state index in [0.29, 0.717) is 23.7 Å². The molecule has 1 N–H and O–H groups in total. The van der Waals surface area contributed by atoms with Gasteiger partial charge in [0.05, 0.1) is 5.69 Å². The molecule has 0 aliphatic carbocycles. The Balaban J connectivity index is 1.77. The number of fused-ring (bicyclic) bond motifs is 1. The molecule has 0 bridgehead atoms. The molecule has 26 heavy (non-hydrogen) atoms. The topological polar surface area (TPSA) is 71.5 Å². The van der Waals surface area contributed by atoms with Crippen molar-refractivity contribution in [1.82, 2.24) is 4.98 Å². The van der Waals surface area contributed by atoms with Gasteiger partial charge in [-0.2, -0.15) is 0 Å². The molecule has 1 aliphatic heterocycles. The zero-order chi connectivity index (χ0) is 18.5. The summed E-state index contributed by atoms with van der Waals surface area (Å²) >= 11 is 0. The summed E-state index contributed by atoms with van der Waals surface area (Å²) in [7, 11) is 0. The van der Waals surface area contributed by atoms with Crippen molar-refractivity contribution in [3.63, 3.8) is 0 Å². The van der Waals surface area contributed by atoms with Gasteiger partial charge in [-0.25, -0.2) is 4.98 Å². The van der Waals surface area contributed by atoms with Gasteiger partial charge >= 0.3 is 0 Å². The number of aryl methyl sites for hydroxylation is 1. The van der Waals surface area contributed by atoms with Crippen LogP contribution in [0.3, 0.4) is 0 Å².